The number of hydrogen-bond donors (Lipinski definition) is 1. The Labute approximate surface area is 130 Å². The van der Waals surface area contributed by atoms with E-state index >= 15 is 0 Å². The first-order valence-electron chi connectivity index (χ1n) is 6.96. The largest absolute Gasteiger partial charge is 0.302 e. The van der Waals surface area contributed by atoms with Crippen LogP contribution in [0, 0.1) is 5.92 Å². The molecule has 0 radical (unpaired) electrons. The van der Waals surface area contributed by atoms with Crippen LogP contribution < -0.4 is 5.32 Å². The van der Waals surface area contributed by atoms with Crippen LogP contribution in [-0.4, -0.2) is 22.0 Å². The van der Waals surface area contributed by atoms with Gasteiger partial charge in [-0.3, -0.25) is 9.78 Å². The summed E-state index contributed by atoms with van der Waals surface area (Å²) in [6.45, 7) is 0. The van der Waals surface area contributed by atoms with Crippen molar-refractivity contribution in [3.8, 4) is 11.1 Å². The van der Waals surface area contributed by atoms with Gasteiger partial charge in [0.2, 0.25) is 5.91 Å². The first kappa shape index (κ1) is 13.3. The number of aromatic nitrogens is 2. The van der Waals surface area contributed by atoms with Gasteiger partial charge >= 0.3 is 0 Å². The molecule has 1 aliphatic carbocycles. The number of alkyl halides is 1. The number of rotatable bonds is 3. The van der Waals surface area contributed by atoms with Crippen LogP contribution in [0.25, 0.3) is 21.3 Å². The fraction of sp³-hybridized carbons (Fsp3) is 0.188. The molecule has 4 rings (SSSR count). The average molecular weight is 313 g/mol. The van der Waals surface area contributed by atoms with Crippen molar-refractivity contribution in [2.75, 3.05) is 5.32 Å². The van der Waals surface area contributed by atoms with Crippen LogP contribution in [0.4, 0.5) is 9.52 Å². The molecule has 1 fully saturated rings. The third kappa shape index (κ3) is 2.46. The Bertz CT molecular complexity index is 849. The van der Waals surface area contributed by atoms with Crippen molar-refractivity contribution >= 4 is 32.6 Å². The number of hydrogen-bond acceptors (Lipinski definition) is 4. The number of fused-ring (bicyclic) bond motifs is 1. The highest BCUT2D eigenvalue weighted by Crippen LogP contribution is 2.36. The number of benzene rings is 1. The van der Waals surface area contributed by atoms with Gasteiger partial charge in [-0.05, 0) is 30.2 Å². The van der Waals surface area contributed by atoms with Crippen molar-refractivity contribution in [1.29, 1.82) is 0 Å². The minimum absolute atomic E-state index is 0.279. The Morgan fingerprint density at radius 2 is 2.18 bits per heavy atom. The third-order valence-corrected chi connectivity index (χ3v) is 4.60. The summed E-state index contributed by atoms with van der Waals surface area (Å²) in [6.07, 6.45) is 2.87. The van der Waals surface area contributed by atoms with Gasteiger partial charge in [0.1, 0.15) is 6.17 Å². The molecule has 6 heteroatoms. The van der Waals surface area contributed by atoms with E-state index in [4.69, 9.17) is 0 Å². The van der Waals surface area contributed by atoms with E-state index in [1.54, 1.807) is 12.4 Å². The summed E-state index contributed by atoms with van der Waals surface area (Å²) >= 11 is 1.39. The molecule has 0 unspecified atom stereocenters. The predicted molar refractivity (Wildman–Crippen MR) is 84.5 cm³/mol. The van der Waals surface area contributed by atoms with Crippen molar-refractivity contribution < 1.29 is 9.18 Å². The maximum atomic E-state index is 12.9. The second-order valence-corrected chi connectivity index (χ2v) is 6.32. The van der Waals surface area contributed by atoms with Crippen molar-refractivity contribution in [3.05, 3.63) is 42.7 Å². The molecule has 0 bridgehead atoms. The molecule has 2 heterocycles. The van der Waals surface area contributed by atoms with E-state index < -0.39 is 12.1 Å². The summed E-state index contributed by atoms with van der Waals surface area (Å²) in [6, 6.07) is 9.80. The number of halogens is 1. The minimum Gasteiger partial charge on any atom is -0.302 e. The molecule has 1 aromatic carbocycles. The summed E-state index contributed by atoms with van der Waals surface area (Å²) in [5.74, 6) is -0.781. The highest BCUT2D eigenvalue weighted by molar-refractivity contribution is 7.22. The van der Waals surface area contributed by atoms with Gasteiger partial charge in [-0.15, -0.1) is 0 Å². The van der Waals surface area contributed by atoms with Crippen LogP contribution >= 0.6 is 11.3 Å². The molecule has 0 spiro atoms. The summed E-state index contributed by atoms with van der Waals surface area (Å²) in [4.78, 5) is 20.2. The Kier molecular flexibility index (Phi) is 3.11. The van der Waals surface area contributed by atoms with Crippen molar-refractivity contribution in [1.82, 2.24) is 9.97 Å². The second-order valence-electron chi connectivity index (χ2n) is 5.29. The lowest BCUT2D eigenvalue weighted by atomic mass is 10.1. The lowest BCUT2D eigenvalue weighted by Gasteiger charge is -1.99. The number of carbonyl (C=O) groups excluding carboxylic acids is 1. The fourth-order valence-electron chi connectivity index (χ4n) is 2.32. The Hall–Kier alpha value is -2.34. The molecule has 2 atom stereocenters. The van der Waals surface area contributed by atoms with E-state index in [2.05, 4.69) is 15.3 Å². The zero-order chi connectivity index (χ0) is 15.1. The van der Waals surface area contributed by atoms with Gasteiger partial charge in [0.05, 0.1) is 16.1 Å². The summed E-state index contributed by atoms with van der Waals surface area (Å²) in [5, 5.41) is 3.22. The van der Waals surface area contributed by atoms with E-state index in [1.807, 2.05) is 30.3 Å². The van der Waals surface area contributed by atoms with Crippen molar-refractivity contribution in [2.45, 2.75) is 12.6 Å². The van der Waals surface area contributed by atoms with Gasteiger partial charge in [0.25, 0.3) is 0 Å². The average Bonchev–Trinajstić information content (AvgIpc) is 3.13. The molecule has 4 nitrogen and oxygen atoms in total. The zero-order valence-electron chi connectivity index (χ0n) is 11.5. The Balaban J connectivity index is 1.62. The van der Waals surface area contributed by atoms with Gasteiger partial charge < -0.3 is 5.32 Å². The summed E-state index contributed by atoms with van der Waals surface area (Å²) in [7, 11) is 0. The lowest BCUT2D eigenvalue weighted by molar-refractivity contribution is -0.117. The van der Waals surface area contributed by atoms with Gasteiger partial charge in [0.15, 0.2) is 5.13 Å². The summed E-state index contributed by atoms with van der Waals surface area (Å²) in [5.41, 5.74) is 2.90. The first-order chi connectivity index (χ1) is 10.7. The van der Waals surface area contributed by atoms with Crippen LogP contribution in [0.15, 0.2) is 42.7 Å². The molecule has 1 amide bonds. The number of thiazole rings is 1. The Morgan fingerprint density at radius 1 is 1.32 bits per heavy atom. The van der Waals surface area contributed by atoms with Crippen molar-refractivity contribution in [3.63, 3.8) is 0 Å². The highest BCUT2D eigenvalue weighted by Gasteiger charge is 2.43. The topological polar surface area (TPSA) is 54.9 Å². The van der Waals surface area contributed by atoms with E-state index in [-0.39, 0.29) is 5.91 Å². The quantitative estimate of drug-likeness (QED) is 0.803. The maximum Gasteiger partial charge on any atom is 0.232 e. The van der Waals surface area contributed by atoms with Crippen molar-refractivity contribution in [2.24, 2.45) is 5.92 Å². The molecule has 2 aromatic heterocycles. The molecule has 1 N–H and O–H groups in total. The first-order valence-corrected chi connectivity index (χ1v) is 7.78. The van der Waals surface area contributed by atoms with Crippen LogP contribution in [0.1, 0.15) is 6.42 Å². The molecular formula is C16H12FN3OS. The van der Waals surface area contributed by atoms with Gasteiger partial charge in [-0.1, -0.05) is 23.5 Å². The number of carbonyl (C=O) groups is 1. The maximum absolute atomic E-state index is 12.9. The summed E-state index contributed by atoms with van der Waals surface area (Å²) < 4.78 is 13.9. The number of pyridine rings is 1. The fourth-order valence-corrected chi connectivity index (χ4v) is 3.23. The molecule has 3 aromatic rings. The molecular weight excluding hydrogens is 301 g/mol. The standard InChI is InChI=1S/C16H12FN3OS/c17-12-7-11(12)15(21)20-16-19-13-4-3-9(6-14(13)22-16)10-2-1-5-18-8-10/h1-6,8,11-12H,7H2,(H,19,20,21)/t11-,12+/m1/s1. The van der Waals surface area contributed by atoms with E-state index in [9.17, 15) is 9.18 Å². The smallest absolute Gasteiger partial charge is 0.232 e. The highest BCUT2D eigenvalue weighted by atomic mass is 32.1. The number of nitrogens with one attached hydrogen (secondary N) is 1. The molecule has 110 valence electrons. The van der Waals surface area contributed by atoms with Gasteiger partial charge in [0, 0.05) is 18.0 Å². The second kappa shape index (κ2) is 5.14. The SMILES string of the molecule is O=C(Nc1nc2ccc(-c3cccnc3)cc2s1)[C@@H]1C[C@@H]1F. The minimum atomic E-state index is -0.994. The van der Waals surface area contributed by atoms with Crippen LogP contribution in [0.3, 0.4) is 0 Å². The lowest BCUT2D eigenvalue weighted by Crippen LogP contribution is -2.14. The van der Waals surface area contributed by atoms with Gasteiger partial charge in [-0.25, -0.2) is 9.37 Å². The number of nitrogens with zero attached hydrogens (tertiary/aromatic N) is 2. The van der Waals surface area contributed by atoms with Gasteiger partial charge in [-0.2, -0.15) is 0 Å². The molecule has 22 heavy (non-hydrogen) atoms. The van der Waals surface area contributed by atoms with Crippen LogP contribution in [-0.2, 0) is 4.79 Å². The third-order valence-electron chi connectivity index (χ3n) is 3.66. The normalized spacial score (nSPS) is 20.0. The van der Waals surface area contributed by atoms with E-state index in [0.717, 1.165) is 21.3 Å². The van der Waals surface area contributed by atoms with Crippen LogP contribution in [0.5, 0.6) is 0 Å². The Morgan fingerprint density at radius 3 is 2.91 bits per heavy atom. The number of amides is 1. The number of anilines is 1. The predicted octanol–water partition coefficient (Wildman–Crippen LogP) is 3.65. The zero-order valence-corrected chi connectivity index (χ0v) is 12.3. The molecule has 0 saturated heterocycles. The van der Waals surface area contributed by atoms with Crippen LogP contribution in [0.2, 0.25) is 0 Å². The van der Waals surface area contributed by atoms with E-state index in [1.165, 1.54) is 11.3 Å². The molecule has 1 aliphatic rings. The monoisotopic (exact) mass is 313 g/mol. The van der Waals surface area contributed by atoms with E-state index in [0.29, 0.717) is 11.6 Å². The molecule has 1 saturated carbocycles. The molecule has 0 aliphatic heterocycles.